The Morgan fingerprint density at radius 3 is 2.40 bits per heavy atom. The molecule has 2 aromatic rings. The summed E-state index contributed by atoms with van der Waals surface area (Å²) in [5.74, 6) is -3.30. The first-order valence-electron chi connectivity index (χ1n) is 21.5. The summed E-state index contributed by atoms with van der Waals surface area (Å²) in [4.78, 5) is 61.4. The van der Waals surface area contributed by atoms with Crippen molar-refractivity contribution in [3.63, 3.8) is 0 Å². The van der Waals surface area contributed by atoms with Gasteiger partial charge in [0.25, 0.3) is 0 Å². The van der Waals surface area contributed by atoms with E-state index in [2.05, 4.69) is 15.2 Å². The van der Waals surface area contributed by atoms with Crippen LogP contribution in [0.5, 0.6) is 0 Å². The third kappa shape index (κ3) is 7.64. The van der Waals surface area contributed by atoms with Crippen LogP contribution in [0.3, 0.4) is 0 Å². The van der Waals surface area contributed by atoms with Crippen molar-refractivity contribution < 1.29 is 62.5 Å². The zero-order chi connectivity index (χ0) is 44.6. The molecular formula is C45H59N3O13S. The fraction of sp³-hybridized carbons (Fsp3) is 0.667. The number of aliphatic hydroxyl groups is 2. The van der Waals surface area contributed by atoms with Crippen LogP contribution in [-0.4, -0.2) is 130 Å². The Kier molecular flexibility index (Phi) is 11.7. The van der Waals surface area contributed by atoms with Crippen molar-refractivity contribution in [2.75, 3.05) is 26.2 Å². The predicted molar refractivity (Wildman–Crippen MR) is 221 cm³/mol. The van der Waals surface area contributed by atoms with Crippen LogP contribution in [0.15, 0.2) is 53.1 Å². The van der Waals surface area contributed by atoms with Gasteiger partial charge in [-0.1, -0.05) is 39.0 Å². The van der Waals surface area contributed by atoms with Crippen molar-refractivity contribution in [2.24, 2.45) is 16.7 Å². The van der Waals surface area contributed by atoms with E-state index in [1.807, 2.05) is 27.7 Å². The van der Waals surface area contributed by atoms with Crippen LogP contribution in [0.1, 0.15) is 102 Å². The summed E-state index contributed by atoms with van der Waals surface area (Å²) in [6.45, 7) is 16.2. The molecule has 17 heteroatoms. The molecule has 1 amide bonds. The molecule has 5 fully saturated rings. The summed E-state index contributed by atoms with van der Waals surface area (Å²) in [7, 11) is 0. The van der Waals surface area contributed by atoms with Gasteiger partial charge in [-0.3, -0.25) is 9.69 Å². The van der Waals surface area contributed by atoms with Gasteiger partial charge >= 0.3 is 24.0 Å². The minimum atomic E-state index is -2.05. The number of rotatable bonds is 10. The largest absolute Gasteiger partial charge is 0.456 e. The van der Waals surface area contributed by atoms with E-state index in [-0.39, 0.29) is 23.6 Å². The first kappa shape index (κ1) is 44.6. The van der Waals surface area contributed by atoms with Crippen LogP contribution in [0, 0.1) is 16.7 Å². The number of aromatic nitrogens is 1. The second-order valence-electron chi connectivity index (χ2n) is 19.5. The molecule has 3 N–H and O–H groups in total. The van der Waals surface area contributed by atoms with Gasteiger partial charge < -0.3 is 48.7 Å². The Hall–Kier alpha value is -3.97. The minimum Gasteiger partial charge on any atom is -0.456 e. The van der Waals surface area contributed by atoms with Crippen molar-refractivity contribution in [1.29, 1.82) is 0 Å². The minimum absolute atomic E-state index is 0.0159. The van der Waals surface area contributed by atoms with Gasteiger partial charge in [0.2, 0.25) is 0 Å². The fourth-order valence-electron chi connectivity index (χ4n) is 11.0. The fourth-order valence-corrected chi connectivity index (χ4v) is 11.7. The molecule has 0 unspecified atom stereocenters. The average molecular weight is 882 g/mol. The van der Waals surface area contributed by atoms with Crippen molar-refractivity contribution in [3.8, 4) is 0 Å². The number of likely N-dealkylation sites (tertiary alicyclic amines) is 1. The Balaban J connectivity index is 1.26. The molecule has 3 saturated heterocycles. The monoisotopic (exact) mass is 881 g/mol. The first-order chi connectivity index (χ1) is 29.2. The third-order valence-electron chi connectivity index (χ3n) is 14.1. The molecule has 0 spiro atoms. The lowest BCUT2D eigenvalue weighted by Crippen LogP contribution is -2.79. The van der Waals surface area contributed by atoms with Crippen LogP contribution >= 0.6 is 11.3 Å². The highest BCUT2D eigenvalue weighted by molar-refractivity contribution is 7.09. The number of carbonyl (C=O) groups is 4. The summed E-state index contributed by atoms with van der Waals surface area (Å²) in [6.07, 6.45) is -5.02. The topological polar surface area (TPSA) is 202 Å². The number of esters is 3. The van der Waals surface area contributed by atoms with Crippen molar-refractivity contribution in [3.05, 3.63) is 63.6 Å². The summed E-state index contributed by atoms with van der Waals surface area (Å²) < 4.78 is 44.9. The van der Waals surface area contributed by atoms with E-state index in [1.165, 1.54) is 13.1 Å². The lowest BCUT2D eigenvalue weighted by Gasteiger charge is -2.68. The van der Waals surface area contributed by atoms with Crippen LogP contribution in [0.25, 0.3) is 0 Å². The maximum Gasteiger partial charge on any atom is 0.408 e. The molecule has 1 aromatic carbocycles. The lowest BCUT2D eigenvalue weighted by atomic mass is 9.45. The van der Waals surface area contributed by atoms with Crippen LogP contribution < -0.4 is 5.32 Å². The zero-order valence-electron chi connectivity index (χ0n) is 36.6. The molecule has 0 radical (unpaired) electrons. The van der Waals surface area contributed by atoms with Gasteiger partial charge in [0.15, 0.2) is 18.0 Å². The molecule has 12 atom stereocenters. The molecule has 2 saturated carbocycles. The smallest absolute Gasteiger partial charge is 0.408 e. The number of thiazole rings is 1. The van der Waals surface area contributed by atoms with Crippen LogP contribution in [0.2, 0.25) is 0 Å². The highest BCUT2D eigenvalue weighted by Crippen LogP contribution is 2.66. The van der Waals surface area contributed by atoms with E-state index < -0.39 is 107 Å². The van der Waals surface area contributed by atoms with Gasteiger partial charge in [-0.2, -0.15) is 0 Å². The number of carbonyl (C=O) groups excluding carboxylic acids is 4. The van der Waals surface area contributed by atoms with E-state index in [9.17, 15) is 29.4 Å². The Labute approximate surface area is 365 Å². The van der Waals surface area contributed by atoms with Crippen molar-refractivity contribution in [1.82, 2.24) is 15.2 Å². The lowest BCUT2D eigenvalue weighted by molar-refractivity contribution is -0.345. The maximum atomic E-state index is 14.4. The Bertz CT molecular complexity index is 2070. The SMILES string of the molecule is CC(=O)O[C@@]12CO[C@@H]1CC[C@@]1(C)[C@@H]3O[C@H](CN4CCC4)O[C@@H]3C3=C(C)[C@@H](OC(=O)[C@H](O)[C@@H](NC(=O)OC(C)(C)C)c4nccs4)C[C@@](O)([C@@H](OC(=O)c4ccccc4)[C@@H]12)C3(C)C. The summed E-state index contributed by atoms with van der Waals surface area (Å²) >= 11 is 1.12. The van der Waals surface area contributed by atoms with Gasteiger partial charge in [-0.25, -0.2) is 19.4 Å². The molecule has 3 aliphatic heterocycles. The second-order valence-corrected chi connectivity index (χ2v) is 20.4. The number of nitrogens with one attached hydrogen (secondary N) is 1. The highest BCUT2D eigenvalue weighted by Gasteiger charge is 2.77. The number of ether oxygens (including phenoxy) is 7. The van der Waals surface area contributed by atoms with E-state index in [0.717, 1.165) is 30.8 Å². The molecule has 16 nitrogen and oxygen atoms in total. The molecule has 6 aliphatic rings. The number of amides is 1. The third-order valence-corrected chi connectivity index (χ3v) is 15.0. The van der Waals surface area contributed by atoms with E-state index in [4.69, 9.17) is 33.2 Å². The van der Waals surface area contributed by atoms with Gasteiger partial charge in [0.05, 0.1) is 24.2 Å². The number of nitrogens with zero attached hydrogens (tertiary/aromatic N) is 2. The molecular weight excluding hydrogens is 823 g/mol. The van der Waals surface area contributed by atoms with Gasteiger partial charge in [-0.05, 0) is 83.3 Å². The molecule has 1 aromatic heterocycles. The molecule has 2 bridgehead atoms. The molecule has 3 aliphatic carbocycles. The van der Waals surface area contributed by atoms with Gasteiger partial charge in [0, 0.05) is 42.3 Å². The van der Waals surface area contributed by atoms with E-state index in [0.29, 0.717) is 30.5 Å². The maximum absolute atomic E-state index is 14.4. The highest BCUT2D eigenvalue weighted by atomic mass is 32.1. The zero-order valence-corrected chi connectivity index (χ0v) is 37.4. The van der Waals surface area contributed by atoms with Crippen molar-refractivity contribution >= 4 is 35.3 Å². The van der Waals surface area contributed by atoms with E-state index in [1.54, 1.807) is 56.5 Å². The standard InChI is InChI=1S/C45H59N3O13S/c1-24-27(56-39(52)32(50)31(37-46-17-20-62-37)47-40(53)61-41(3,4)5)21-45(54)36(59-38(51)26-13-10-9-11-14-26)34-43(8,16-15-28-44(34,23-55-28)60-25(2)49)35-33(30(24)42(45,6)7)57-29(58-35)22-48-18-12-19-48/h9-11,13-14,17,20,27-29,31-36,50,54H,12,15-16,18-19,21-23H2,1-8H3,(H,47,53)/t27-,28+,29+,31+,32+,33+,34-,35+,36-,43+,44-,45+/m0/s1. The van der Waals surface area contributed by atoms with Gasteiger partial charge in [0.1, 0.15) is 46.7 Å². The summed E-state index contributed by atoms with van der Waals surface area (Å²) in [6, 6.07) is 7.09. The van der Waals surface area contributed by atoms with Crippen molar-refractivity contribution in [2.45, 2.75) is 147 Å². The van der Waals surface area contributed by atoms with Gasteiger partial charge in [-0.15, -0.1) is 11.3 Å². The quantitative estimate of drug-likeness (QED) is 0.169. The number of hydrogen-bond donors (Lipinski definition) is 3. The summed E-state index contributed by atoms with van der Waals surface area (Å²) in [5.41, 5.74) is -5.08. The van der Waals surface area contributed by atoms with Crippen LogP contribution in [-0.2, 0) is 42.7 Å². The Morgan fingerprint density at radius 1 is 1.08 bits per heavy atom. The summed E-state index contributed by atoms with van der Waals surface area (Å²) in [5, 5.41) is 30.1. The molecule has 62 heavy (non-hydrogen) atoms. The van der Waals surface area contributed by atoms with Crippen LogP contribution in [0.4, 0.5) is 4.79 Å². The second kappa shape index (κ2) is 16.2. The normalized spacial score (nSPS) is 35.8. The molecule has 338 valence electrons. The predicted octanol–water partition coefficient (Wildman–Crippen LogP) is 4.63. The first-order valence-corrected chi connectivity index (χ1v) is 22.4. The average Bonchev–Trinajstić information content (AvgIpc) is 3.86. The number of benzene rings is 1. The number of hydrogen-bond acceptors (Lipinski definition) is 16. The number of alkyl carbamates (subject to hydrolysis) is 1. The number of aliphatic hydroxyl groups excluding tert-OH is 1. The molecule has 8 rings (SSSR count). The Morgan fingerprint density at radius 2 is 1.81 bits per heavy atom. The van der Waals surface area contributed by atoms with E-state index >= 15 is 0 Å². The number of fused-ring (bicyclic) bond motifs is 8. The molecule has 4 heterocycles.